The van der Waals surface area contributed by atoms with Gasteiger partial charge in [0.2, 0.25) is 11.9 Å². The first-order valence-electron chi connectivity index (χ1n) is 32.7. The highest BCUT2D eigenvalue weighted by molar-refractivity contribution is 5.99. The van der Waals surface area contributed by atoms with Crippen LogP contribution in [0.1, 0.15) is 53.6 Å². The van der Waals surface area contributed by atoms with E-state index in [-0.39, 0.29) is 24.0 Å². The van der Waals surface area contributed by atoms with Crippen LogP contribution in [0.5, 0.6) is 0 Å². The fourth-order valence-corrected chi connectivity index (χ4v) is 10.6. The lowest BCUT2D eigenvalue weighted by atomic mass is 10.0. The quantitative estimate of drug-likeness (QED) is 0.00838. The molecule has 0 spiro atoms. The predicted octanol–water partition coefficient (Wildman–Crippen LogP) is 15.9. The third kappa shape index (κ3) is 26.1. The number of nitrogens with two attached hydrogens (primary N) is 3. The monoisotopic (exact) mass is 1570 g/mol. The fourth-order valence-electron chi connectivity index (χ4n) is 10.6. The van der Waals surface area contributed by atoms with Crippen molar-refractivity contribution >= 4 is 67.8 Å². The Morgan fingerprint density at radius 3 is 1.12 bits per heavy atom. The molecule has 115 heavy (non-hydrogen) atoms. The normalized spacial score (nSPS) is 13.4. The van der Waals surface area contributed by atoms with Crippen LogP contribution in [0.25, 0.3) is 44.3 Å². The molecular weight excluding hydrogens is 1500 g/mol. The van der Waals surface area contributed by atoms with Gasteiger partial charge in [0.1, 0.15) is 17.8 Å². The van der Waals surface area contributed by atoms with Crippen LogP contribution in [-0.2, 0) is 25.9 Å². The van der Waals surface area contributed by atoms with E-state index in [9.17, 15) is 20.6 Å². The number of para-hydroxylation sites is 2. The van der Waals surface area contributed by atoms with Crippen molar-refractivity contribution in [3.8, 4) is 34.7 Å². The highest BCUT2D eigenvalue weighted by atomic mass is 16.6. The summed E-state index contributed by atoms with van der Waals surface area (Å²) in [5.41, 5.74) is 20.8. The third-order valence-electron chi connectivity index (χ3n) is 15.5. The van der Waals surface area contributed by atoms with E-state index >= 15 is 0 Å². The van der Waals surface area contributed by atoms with Gasteiger partial charge in [-0.1, -0.05) is 54.3 Å². The van der Waals surface area contributed by atoms with Crippen molar-refractivity contribution in [2.75, 3.05) is 94.6 Å². The van der Waals surface area contributed by atoms with Gasteiger partial charge in [-0.05, 0) is 181 Å². The van der Waals surface area contributed by atoms with Gasteiger partial charge >= 0.3 is 0 Å². The van der Waals surface area contributed by atoms with Crippen molar-refractivity contribution in [3.63, 3.8) is 0 Å². The zero-order chi connectivity index (χ0) is 81.2. The molecule has 4 aromatic heterocycles. The molecule has 2 aliphatic rings. The number of nitrogens with one attached hydrogen (secondary N) is 2. The number of nitro groups is 1. The summed E-state index contributed by atoms with van der Waals surface area (Å²) in [4.78, 5) is 38.2. The molecule has 590 valence electrons. The van der Waals surface area contributed by atoms with Crippen LogP contribution >= 0.6 is 0 Å². The number of aromatic nitrogens is 6. The van der Waals surface area contributed by atoms with E-state index in [1.807, 2.05) is 63.0 Å². The number of nitro benzene ring substituents is 1. The van der Waals surface area contributed by atoms with Gasteiger partial charge in [0.15, 0.2) is 0 Å². The van der Waals surface area contributed by atoms with Gasteiger partial charge in [0.25, 0.3) is 5.69 Å². The summed E-state index contributed by atoms with van der Waals surface area (Å²) in [6, 6.07) is 24.5. The van der Waals surface area contributed by atoms with Gasteiger partial charge in [-0.15, -0.1) is 0 Å². The molecule has 58 heteroatoms. The molecule has 58 nitrogen and oxygen atoms in total. The summed E-state index contributed by atoms with van der Waals surface area (Å²) in [6.45, 7) is 9.06. The number of likely N-dealkylation sites (N-methyl/N-ethyl adjacent to an activating group) is 4. The third-order valence-corrected chi connectivity index (χ3v) is 15.5. The van der Waals surface area contributed by atoms with Crippen molar-refractivity contribution in [2.45, 2.75) is 60.0 Å². The van der Waals surface area contributed by atoms with Crippen LogP contribution in [-0.4, -0.2) is 112 Å². The summed E-state index contributed by atoms with van der Waals surface area (Å²) >= 11 is 0. The number of anilines is 7. The van der Waals surface area contributed by atoms with E-state index in [0.29, 0.717) is 52.1 Å². The minimum atomic E-state index is -0.370. The molecular formula is C57H70N56O2. The van der Waals surface area contributed by atoms with Gasteiger partial charge in [0, 0.05) is 214 Å². The Morgan fingerprint density at radius 2 is 0.800 bits per heavy atom. The Morgan fingerprint density at radius 1 is 0.478 bits per heavy atom. The molecule has 8 aromatic rings. The molecule has 0 atom stereocenters. The minimum absolute atomic E-state index is 0. The summed E-state index contributed by atoms with van der Waals surface area (Å²) in [5, 5.41) is 153. The average Bonchev–Trinajstić information content (AvgIpc) is 1.61. The SMILES string of the molecule is C.Cc1cc(N(C)CCN(C)C)c(N)cc1Nc1ncc(C#N)c(-c2cn3c4c(cccc24)CCC3)n1.Cc1cc(N(C)CCN(C)C)c([N+](=O)[O-])cc1Nc1ncc(C#N)c(-c2cn3c4c(cccc24)CCC3)n1.N/N=N/N=N/N=N/N=N/N=N/N=N/N=N/N=N/N=N/N=N/N=N/N=N/N=N/N=N/N=N/N=N/N=N/N=N/N=N/N. The lowest BCUT2D eigenvalue weighted by Crippen LogP contribution is -2.29. The molecule has 0 unspecified atom stereocenters. The number of aryl methyl sites for hydroxylation is 6. The molecule has 10 rings (SSSR count). The van der Waals surface area contributed by atoms with Gasteiger partial charge in [-0.2, -0.15) is 10.5 Å². The number of benzene rings is 4. The van der Waals surface area contributed by atoms with E-state index in [1.165, 1.54) is 34.4 Å². The summed E-state index contributed by atoms with van der Waals surface area (Å²) in [5.74, 6) is 9.95. The van der Waals surface area contributed by atoms with Crippen molar-refractivity contribution in [1.29, 1.82) is 10.5 Å². The Hall–Kier alpha value is -16.6. The predicted molar refractivity (Wildman–Crippen MR) is 403 cm³/mol. The van der Waals surface area contributed by atoms with Crippen molar-refractivity contribution < 1.29 is 4.92 Å². The molecule has 4 aromatic carbocycles. The first-order chi connectivity index (χ1) is 55.5. The number of nitrogen functional groups attached to an aromatic ring is 1. The molecule has 0 radical (unpaired) electrons. The smallest absolute Gasteiger partial charge is 0.294 e. The second kappa shape index (κ2) is 45.9. The van der Waals surface area contributed by atoms with Crippen LogP contribution < -0.4 is 37.9 Å². The van der Waals surface area contributed by atoms with Gasteiger partial charge in [0.05, 0.1) is 67.9 Å². The Balaban J connectivity index is 0.000000238. The number of nitrogens with zero attached hydrogens (tertiary/aromatic N) is 51. The molecule has 0 fully saturated rings. The second-order valence-electron chi connectivity index (χ2n) is 23.2. The highest BCUT2D eigenvalue weighted by Gasteiger charge is 2.25. The molecule has 0 amide bonds. The molecule has 0 saturated heterocycles. The Bertz CT molecular complexity index is 5230. The number of rotatable bonds is 33. The Kier molecular flexibility index (Phi) is 34.2. The average molecular weight is 1570 g/mol. The molecule has 0 bridgehead atoms. The number of hydrogen-bond acceptors (Lipinski definition) is 17. The standard InChI is InChI=1S/C28H30N8O2.C28H32N8.CH4.H4N40/c1-18-13-24(34(4)12-11-33(2)3)25(36(37)38)14-23(18)31-28-30-16-20(15-29)26(32-28)22-17-35-10-6-8-19-7-5-9-21(22)27(19)35;1-18-13-25(35(4)12-11-34(2)3)23(30)14-24(18)32-28-31-16-20(15-29)26(33-28)22-17-36-10-6-8-19-7-5-9-21(22)27(19)36;;1-3-5-7-9-11-13-15-17-19-21-23-25-27-29-31-33-35-37-39-40-38-36-34-32-30-28-26-24-22-20-18-16-14-12-10-8-6-4-2/h5,7,9,13-14,16-17H,6,8,10-12H2,1-4H3,(H,30,31,32);5,7,9,13-14,16-17H,6,8,10-12,30H2,1-4H3,(H,31,32,33);1H4;(H2,1,4,5,8,9,12,13,16,17,20,21,24,25,28,29,32,33,36,37,40)(H2,2,3,6,7,10,11,14,15,18,19,22,23,26,27,30,31,34,35,38,39). The summed E-state index contributed by atoms with van der Waals surface area (Å²) in [6.07, 6.45) is 11.6. The molecule has 8 N–H and O–H groups in total. The fraction of sp³-hybridized carbons (Fsp3) is 0.333. The molecule has 6 heterocycles. The summed E-state index contributed by atoms with van der Waals surface area (Å²) < 4.78 is 4.52. The maximum absolute atomic E-state index is 12.0. The first-order valence-corrected chi connectivity index (χ1v) is 32.7. The van der Waals surface area contributed by atoms with Gasteiger partial charge in [-0.3, -0.25) is 10.1 Å². The van der Waals surface area contributed by atoms with Crippen LogP contribution in [0.4, 0.5) is 46.0 Å². The van der Waals surface area contributed by atoms with Crippen LogP contribution in [0, 0.1) is 46.6 Å². The van der Waals surface area contributed by atoms with E-state index in [2.05, 4.69) is 332 Å². The lowest BCUT2D eigenvalue weighted by molar-refractivity contribution is -0.384. The number of nitriles is 2. The van der Waals surface area contributed by atoms with Gasteiger partial charge in [-0.25, -0.2) is 19.9 Å². The zero-order valence-electron chi connectivity index (χ0n) is 61.5. The molecule has 0 aliphatic carbocycles. The lowest BCUT2D eigenvalue weighted by Gasteiger charge is -2.24. The number of hydrogen-bond donors (Lipinski definition) is 5. The minimum Gasteiger partial charge on any atom is -0.397 e. The van der Waals surface area contributed by atoms with Crippen molar-refractivity contribution in [1.82, 2.24) is 38.9 Å². The highest BCUT2D eigenvalue weighted by Crippen LogP contribution is 2.40. The van der Waals surface area contributed by atoms with Crippen molar-refractivity contribution in [3.05, 3.63) is 129 Å². The topological polar surface area (TPSA) is 737 Å². The summed E-state index contributed by atoms with van der Waals surface area (Å²) in [7, 11) is 12.0. The second-order valence-corrected chi connectivity index (χ2v) is 23.2. The Labute approximate surface area is 648 Å². The maximum atomic E-state index is 12.0. The molecule has 0 saturated carbocycles. The molecule has 2 aliphatic heterocycles. The van der Waals surface area contributed by atoms with Gasteiger partial charge < -0.3 is 56.8 Å². The van der Waals surface area contributed by atoms with E-state index in [0.717, 1.165) is 103 Å². The van der Waals surface area contributed by atoms with Crippen molar-refractivity contribution in [2.24, 2.45) is 210 Å². The van der Waals surface area contributed by atoms with Crippen LogP contribution in [0.3, 0.4) is 0 Å². The first kappa shape index (κ1) is 85.7. The zero-order valence-corrected chi connectivity index (χ0v) is 61.5. The van der Waals surface area contributed by atoms with E-state index in [1.54, 1.807) is 6.20 Å². The maximum Gasteiger partial charge on any atom is 0.294 e. The van der Waals surface area contributed by atoms with E-state index in [4.69, 9.17) is 15.7 Å². The van der Waals surface area contributed by atoms with E-state index < -0.39 is 0 Å². The van der Waals surface area contributed by atoms with Crippen LogP contribution in [0.15, 0.2) is 284 Å². The van der Waals surface area contributed by atoms with Crippen LogP contribution in [0.2, 0.25) is 0 Å². The largest absolute Gasteiger partial charge is 0.397 e.